The summed E-state index contributed by atoms with van der Waals surface area (Å²) in [6.07, 6.45) is 0.0529. The van der Waals surface area contributed by atoms with Crippen LogP contribution < -0.4 is 15.0 Å². The molecule has 1 amide bonds. The highest BCUT2D eigenvalue weighted by Gasteiger charge is 2.17. The van der Waals surface area contributed by atoms with Crippen LogP contribution in [0.2, 0.25) is 0 Å². The van der Waals surface area contributed by atoms with Crippen LogP contribution >= 0.6 is 0 Å². The van der Waals surface area contributed by atoms with Crippen molar-refractivity contribution in [2.24, 2.45) is 0 Å². The first-order valence-electron chi connectivity index (χ1n) is 9.01. The SMILES string of the molecule is CCOC(=O)CCC(=O)N(CC)Cc1nc2cc(OC)c(OC)cc2c(=O)[nH]1. The summed E-state index contributed by atoms with van der Waals surface area (Å²) in [5.41, 5.74) is 0.0994. The van der Waals surface area contributed by atoms with Crippen molar-refractivity contribution in [2.45, 2.75) is 33.2 Å². The number of nitrogens with zero attached hydrogens (tertiary/aromatic N) is 2. The van der Waals surface area contributed by atoms with E-state index < -0.39 is 5.97 Å². The predicted molar refractivity (Wildman–Crippen MR) is 102 cm³/mol. The highest BCUT2D eigenvalue weighted by atomic mass is 16.5. The lowest BCUT2D eigenvalue weighted by atomic mass is 10.2. The Hall–Kier alpha value is -3.10. The molecule has 0 bridgehead atoms. The number of fused-ring (bicyclic) bond motifs is 1. The fraction of sp³-hybridized carbons (Fsp3) is 0.474. The molecule has 0 saturated carbocycles. The van der Waals surface area contributed by atoms with E-state index in [2.05, 4.69) is 9.97 Å². The summed E-state index contributed by atoms with van der Waals surface area (Å²) in [6.45, 7) is 4.34. The highest BCUT2D eigenvalue weighted by Crippen LogP contribution is 2.29. The number of methoxy groups -OCH3 is 2. The van der Waals surface area contributed by atoms with E-state index in [-0.39, 0.29) is 37.5 Å². The number of aromatic nitrogens is 2. The third-order valence-corrected chi connectivity index (χ3v) is 4.18. The molecule has 28 heavy (non-hydrogen) atoms. The van der Waals surface area contributed by atoms with Gasteiger partial charge in [-0.1, -0.05) is 0 Å². The van der Waals surface area contributed by atoms with Gasteiger partial charge in [-0.2, -0.15) is 0 Å². The molecule has 0 aliphatic heterocycles. The molecule has 1 aromatic carbocycles. The highest BCUT2D eigenvalue weighted by molar-refractivity contribution is 5.82. The third-order valence-electron chi connectivity index (χ3n) is 4.18. The molecule has 0 aliphatic carbocycles. The van der Waals surface area contributed by atoms with Gasteiger partial charge in [0.1, 0.15) is 5.82 Å². The topological polar surface area (TPSA) is 111 Å². The number of carbonyl (C=O) groups excluding carboxylic acids is 2. The molecule has 9 heteroatoms. The number of hydrogen-bond acceptors (Lipinski definition) is 7. The number of carbonyl (C=O) groups is 2. The van der Waals surface area contributed by atoms with Gasteiger partial charge in [-0.05, 0) is 19.9 Å². The first-order chi connectivity index (χ1) is 13.4. The van der Waals surface area contributed by atoms with Crippen molar-refractivity contribution in [2.75, 3.05) is 27.4 Å². The minimum absolute atomic E-state index is 0.0157. The molecule has 9 nitrogen and oxygen atoms in total. The van der Waals surface area contributed by atoms with Gasteiger partial charge in [0.05, 0.1) is 44.7 Å². The molecule has 0 radical (unpaired) electrons. The largest absolute Gasteiger partial charge is 0.493 e. The number of hydrogen-bond donors (Lipinski definition) is 1. The Balaban J connectivity index is 2.22. The summed E-state index contributed by atoms with van der Waals surface area (Å²) < 4.78 is 15.3. The van der Waals surface area contributed by atoms with Crippen LogP contribution in [-0.2, 0) is 20.9 Å². The van der Waals surface area contributed by atoms with Crippen LogP contribution in [0.1, 0.15) is 32.5 Å². The maximum Gasteiger partial charge on any atom is 0.306 e. The Morgan fingerprint density at radius 1 is 1.11 bits per heavy atom. The summed E-state index contributed by atoms with van der Waals surface area (Å²) in [5, 5.41) is 0.359. The van der Waals surface area contributed by atoms with E-state index >= 15 is 0 Å². The molecule has 2 rings (SSSR count). The van der Waals surface area contributed by atoms with Crippen molar-refractivity contribution in [1.82, 2.24) is 14.9 Å². The molecular weight excluding hydrogens is 366 g/mol. The molecule has 1 heterocycles. The Bertz CT molecular complexity index is 908. The summed E-state index contributed by atoms with van der Waals surface area (Å²) in [6, 6.07) is 3.18. The zero-order valence-electron chi connectivity index (χ0n) is 16.5. The molecule has 0 saturated heterocycles. The number of aromatic amines is 1. The van der Waals surface area contributed by atoms with Gasteiger partial charge < -0.3 is 24.1 Å². The van der Waals surface area contributed by atoms with E-state index in [4.69, 9.17) is 14.2 Å². The summed E-state index contributed by atoms with van der Waals surface area (Å²) >= 11 is 0. The standard InChI is InChI=1S/C19H25N3O6/c1-5-22(17(23)7-8-18(24)28-6-2)11-16-20-13-10-15(27-4)14(26-3)9-12(13)19(25)21-16/h9-10H,5-8,11H2,1-4H3,(H,20,21,25). The molecule has 0 spiro atoms. The quantitative estimate of drug-likeness (QED) is 0.647. The normalized spacial score (nSPS) is 10.6. The van der Waals surface area contributed by atoms with Gasteiger partial charge in [0.15, 0.2) is 11.5 Å². The fourth-order valence-corrected chi connectivity index (χ4v) is 2.75. The molecule has 0 fully saturated rings. The summed E-state index contributed by atoms with van der Waals surface area (Å²) in [4.78, 5) is 44.9. The average Bonchev–Trinajstić information content (AvgIpc) is 2.69. The fourth-order valence-electron chi connectivity index (χ4n) is 2.75. The van der Waals surface area contributed by atoms with Crippen LogP contribution in [0.25, 0.3) is 10.9 Å². The minimum Gasteiger partial charge on any atom is -0.493 e. The maximum atomic E-state index is 12.4. The van der Waals surface area contributed by atoms with Crippen LogP contribution in [0, 0.1) is 0 Å². The molecule has 0 atom stereocenters. The van der Waals surface area contributed by atoms with E-state index in [9.17, 15) is 14.4 Å². The summed E-state index contributed by atoms with van der Waals surface area (Å²) in [5.74, 6) is 0.600. The second kappa shape index (κ2) is 9.72. The minimum atomic E-state index is -0.412. The molecular formula is C19H25N3O6. The van der Waals surface area contributed by atoms with Gasteiger partial charge >= 0.3 is 5.97 Å². The van der Waals surface area contributed by atoms with Crippen molar-refractivity contribution in [3.8, 4) is 11.5 Å². The Morgan fingerprint density at radius 3 is 2.39 bits per heavy atom. The molecule has 152 valence electrons. The van der Waals surface area contributed by atoms with Crippen LogP contribution in [0.4, 0.5) is 0 Å². The van der Waals surface area contributed by atoms with Crippen molar-refractivity contribution >= 4 is 22.8 Å². The molecule has 1 N–H and O–H groups in total. The van der Waals surface area contributed by atoms with Gasteiger partial charge in [-0.25, -0.2) is 4.98 Å². The number of nitrogens with one attached hydrogen (secondary N) is 1. The van der Waals surface area contributed by atoms with Crippen LogP contribution in [0.5, 0.6) is 11.5 Å². The first kappa shape index (κ1) is 21.2. The van der Waals surface area contributed by atoms with E-state index in [1.165, 1.54) is 19.1 Å². The van der Waals surface area contributed by atoms with Gasteiger partial charge in [-0.3, -0.25) is 14.4 Å². The molecule has 2 aromatic rings. The number of H-pyrrole nitrogens is 1. The van der Waals surface area contributed by atoms with Crippen LogP contribution in [0.15, 0.2) is 16.9 Å². The Kier molecular flexibility index (Phi) is 7.36. The number of rotatable bonds is 9. The van der Waals surface area contributed by atoms with Crippen molar-refractivity contribution in [3.63, 3.8) is 0 Å². The number of ether oxygens (including phenoxy) is 3. The first-order valence-corrected chi connectivity index (χ1v) is 9.01. The smallest absolute Gasteiger partial charge is 0.306 e. The zero-order chi connectivity index (χ0) is 20.7. The predicted octanol–water partition coefficient (Wildman–Crippen LogP) is 1.63. The van der Waals surface area contributed by atoms with E-state index in [1.54, 1.807) is 19.1 Å². The Labute approximate surface area is 162 Å². The molecule has 0 aliphatic rings. The third kappa shape index (κ3) is 4.99. The molecule has 1 aromatic heterocycles. The lowest BCUT2D eigenvalue weighted by Gasteiger charge is -2.20. The van der Waals surface area contributed by atoms with Gasteiger partial charge in [0, 0.05) is 19.0 Å². The Morgan fingerprint density at radius 2 is 1.79 bits per heavy atom. The van der Waals surface area contributed by atoms with Crippen molar-refractivity contribution < 1.29 is 23.8 Å². The lowest BCUT2D eigenvalue weighted by molar-refractivity contribution is -0.145. The lowest BCUT2D eigenvalue weighted by Crippen LogP contribution is -2.32. The maximum absolute atomic E-state index is 12.4. The van der Waals surface area contributed by atoms with Crippen LogP contribution in [0.3, 0.4) is 0 Å². The van der Waals surface area contributed by atoms with E-state index in [0.29, 0.717) is 34.8 Å². The molecule has 0 unspecified atom stereocenters. The number of esters is 1. The van der Waals surface area contributed by atoms with Crippen LogP contribution in [-0.4, -0.2) is 54.1 Å². The van der Waals surface area contributed by atoms with E-state index in [1.807, 2.05) is 6.92 Å². The summed E-state index contributed by atoms with van der Waals surface area (Å²) in [7, 11) is 2.99. The van der Waals surface area contributed by atoms with Gasteiger partial charge in [-0.15, -0.1) is 0 Å². The number of benzene rings is 1. The van der Waals surface area contributed by atoms with Crippen molar-refractivity contribution in [3.05, 3.63) is 28.3 Å². The van der Waals surface area contributed by atoms with E-state index in [0.717, 1.165) is 0 Å². The number of amides is 1. The second-order valence-corrected chi connectivity index (χ2v) is 5.95. The zero-order valence-corrected chi connectivity index (χ0v) is 16.5. The monoisotopic (exact) mass is 391 g/mol. The van der Waals surface area contributed by atoms with Gasteiger partial charge in [0.25, 0.3) is 5.56 Å². The average molecular weight is 391 g/mol. The second-order valence-electron chi connectivity index (χ2n) is 5.95. The van der Waals surface area contributed by atoms with Crippen molar-refractivity contribution in [1.29, 1.82) is 0 Å². The van der Waals surface area contributed by atoms with Gasteiger partial charge in [0.2, 0.25) is 5.91 Å².